The average Bonchev–Trinajstić information content (AvgIpc) is 2.61. The predicted octanol–water partition coefficient (Wildman–Crippen LogP) is 5.01. The summed E-state index contributed by atoms with van der Waals surface area (Å²) in [4.78, 5) is 11.6. The fraction of sp³-hybridized carbons (Fsp3) is 0.350. The molecule has 1 aliphatic carbocycles. The number of benzene rings is 2. The van der Waals surface area contributed by atoms with Crippen molar-refractivity contribution >= 4 is 21.9 Å². The van der Waals surface area contributed by atoms with E-state index in [2.05, 4.69) is 40.2 Å². The fourth-order valence-electron chi connectivity index (χ4n) is 3.22. The van der Waals surface area contributed by atoms with Crippen LogP contribution in [0.3, 0.4) is 0 Å². The first-order chi connectivity index (χ1) is 11.7. The molecule has 0 bridgehead atoms. The van der Waals surface area contributed by atoms with Gasteiger partial charge in [-0.15, -0.1) is 0 Å². The van der Waals surface area contributed by atoms with Crippen LogP contribution < -0.4 is 4.74 Å². The molecule has 1 aliphatic rings. The molecule has 1 atom stereocenters. The predicted molar refractivity (Wildman–Crippen MR) is 97.2 cm³/mol. The minimum Gasteiger partial charge on any atom is -0.489 e. The van der Waals surface area contributed by atoms with Crippen molar-refractivity contribution in [1.29, 1.82) is 0 Å². The topological polar surface area (TPSA) is 35.5 Å². The molecule has 2 aromatic rings. The van der Waals surface area contributed by atoms with E-state index in [4.69, 9.17) is 9.47 Å². The zero-order valence-corrected chi connectivity index (χ0v) is 15.3. The number of hydrogen-bond acceptors (Lipinski definition) is 3. The molecule has 4 heteroatoms. The smallest absolute Gasteiger partial charge is 0.306 e. The Morgan fingerprint density at radius 3 is 2.75 bits per heavy atom. The number of carbonyl (C=O) groups excluding carboxylic acids is 1. The second-order valence-electron chi connectivity index (χ2n) is 6.15. The summed E-state index contributed by atoms with van der Waals surface area (Å²) in [5.41, 5.74) is 3.70. The lowest BCUT2D eigenvalue weighted by atomic mass is 9.81. The molecule has 3 nitrogen and oxygen atoms in total. The third kappa shape index (κ3) is 4.18. The lowest BCUT2D eigenvalue weighted by Crippen LogP contribution is -2.14. The molecule has 0 saturated heterocycles. The molecule has 0 fully saturated rings. The van der Waals surface area contributed by atoms with E-state index in [1.165, 1.54) is 18.2 Å². The second kappa shape index (κ2) is 7.84. The van der Waals surface area contributed by atoms with E-state index in [1.807, 2.05) is 18.2 Å². The van der Waals surface area contributed by atoms with Crippen LogP contribution in [-0.2, 0) is 22.6 Å². The molecule has 0 aliphatic heterocycles. The highest BCUT2D eigenvalue weighted by Crippen LogP contribution is 2.36. The van der Waals surface area contributed by atoms with E-state index in [9.17, 15) is 4.79 Å². The third-order valence-electron chi connectivity index (χ3n) is 4.51. The zero-order chi connectivity index (χ0) is 16.9. The standard InChI is InChI=1S/C20H21BrO3/c1-23-20(22)12-16-4-2-3-15-11-18(9-10-19(15)16)24-13-14-5-7-17(21)8-6-14/h5-11,16H,2-4,12-13H2,1H3. The van der Waals surface area contributed by atoms with Gasteiger partial charge in [-0.2, -0.15) is 0 Å². The number of ether oxygens (including phenoxy) is 2. The van der Waals surface area contributed by atoms with Crippen molar-refractivity contribution in [3.63, 3.8) is 0 Å². The highest BCUT2D eigenvalue weighted by molar-refractivity contribution is 9.10. The Morgan fingerprint density at radius 2 is 2.00 bits per heavy atom. The van der Waals surface area contributed by atoms with Crippen LogP contribution in [0.15, 0.2) is 46.9 Å². The quantitative estimate of drug-likeness (QED) is 0.675. The van der Waals surface area contributed by atoms with Gasteiger partial charge in [0.05, 0.1) is 13.5 Å². The number of rotatable bonds is 5. The highest BCUT2D eigenvalue weighted by Gasteiger charge is 2.23. The summed E-state index contributed by atoms with van der Waals surface area (Å²) in [5.74, 6) is 1.01. The summed E-state index contributed by atoms with van der Waals surface area (Å²) in [5, 5.41) is 0. The first kappa shape index (κ1) is 17.0. The van der Waals surface area contributed by atoms with Crippen LogP contribution in [0, 0.1) is 0 Å². The molecule has 0 spiro atoms. The van der Waals surface area contributed by atoms with Crippen LogP contribution in [0.4, 0.5) is 0 Å². The Bertz CT molecular complexity index is 709. The van der Waals surface area contributed by atoms with Gasteiger partial charge in [-0.1, -0.05) is 34.1 Å². The molecular weight excluding hydrogens is 368 g/mol. The molecule has 0 amide bonds. The normalized spacial score (nSPS) is 16.3. The lowest BCUT2D eigenvalue weighted by Gasteiger charge is -2.25. The van der Waals surface area contributed by atoms with Gasteiger partial charge >= 0.3 is 5.97 Å². The number of hydrogen-bond donors (Lipinski definition) is 0. The van der Waals surface area contributed by atoms with E-state index in [-0.39, 0.29) is 11.9 Å². The SMILES string of the molecule is COC(=O)CC1CCCc2cc(OCc3ccc(Br)cc3)ccc21. The maximum atomic E-state index is 11.6. The van der Waals surface area contributed by atoms with E-state index in [1.54, 1.807) is 0 Å². The van der Waals surface area contributed by atoms with Crippen molar-refractivity contribution in [3.8, 4) is 5.75 Å². The van der Waals surface area contributed by atoms with Crippen LogP contribution in [0.5, 0.6) is 5.75 Å². The van der Waals surface area contributed by atoms with Gasteiger partial charge in [0.25, 0.3) is 0 Å². The van der Waals surface area contributed by atoms with Crippen molar-refractivity contribution in [2.75, 3.05) is 7.11 Å². The minimum atomic E-state index is -0.136. The summed E-state index contributed by atoms with van der Waals surface area (Å²) in [6.45, 7) is 0.553. The molecule has 126 valence electrons. The molecule has 2 aromatic carbocycles. The molecule has 3 rings (SSSR count). The van der Waals surface area contributed by atoms with Crippen molar-refractivity contribution < 1.29 is 14.3 Å². The summed E-state index contributed by atoms with van der Waals surface area (Å²) in [7, 11) is 1.45. The molecule has 1 unspecified atom stereocenters. The van der Waals surface area contributed by atoms with Gasteiger partial charge in [-0.25, -0.2) is 0 Å². The fourth-order valence-corrected chi connectivity index (χ4v) is 3.49. The van der Waals surface area contributed by atoms with E-state index < -0.39 is 0 Å². The van der Waals surface area contributed by atoms with Gasteiger partial charge in [0.2, 0.25) is 0 Å². The maximum Gasteiger partial charge on any atom is 0.306 e. The first-order valence-electron chi connectivity index (χ1n) is 8.22. The number of carbonyl (C=O) groups is 1. The largest absolute Gasteiger partial charge is 0.489 e. The van der Waals surface area contributed by atoms with Gasteiger partial charge < -0.3 is 9.47 Å². The van der Waals surface area contributed by atoms with Crippen LogP contribution in [0.25, 0.3) is 0 Å². The van der Waals surface area contributed by atoms with Crippen molar-refractivity contribution in [2.24, 2.45) is 0 Å². The van der Waals surface area contributed by atoms with Gasteiger partial charge in [0.1, 0.15) is 12.4 Å². The van der Waals surface area contributed by atoms with Gasteiger partial charge in [-0.3, -0.25) is 4.79 Å². The molecule has 0 N–H and O–H groups in total. The molecule has 0 aromatic heterocycles. The number of esters is 1. The van der Waals surface area contributed by atoms with Gasteiger partial charge in [0, 0.05) is 4.47 Å². The van der Waals surface area contributed by atoms with Crippen LogP contribution >= 0.6 is 15.9 Å². The highest BCUT2D eigenvalue weighted by atomic mass is 79.9. The molecular formula is C20H21BrO3. The maximum absolute atomic E-state index is 11.6. The Labute approximate surface area is 151 Å². The third-order valence-corrected chi connectivity index (χ3v) is 5.04. The van der Waals surface area contributed by atoms with Crippen LogP contribution in [0.2, 0.25) is 0 Å². The Kier molecular flexibility index (Phi) is 5.56. The summed E-state index contributed by atoms with van der Waals surface area (Å²) >= 11 is 3.44. The Morgan fingerprint density at radius 1 is 1.21 bits per heavy atom. The number of methoxy groups -OCH3 is 1. The Hall–Kier alpha value is -1.81. The van der Waals surface area contributed by atoms with Crippen molar-refractivity contribution in [3.05, 3.63) is 63.6 Å². The average molecular weight is 389 g/mol. The van der Waals surface area contributed by atoms with Crippen LogP contribution in [0.1, 0.15) is 41.9 Å². The molecule has 0 heterocycles. The monoisotopic (exact) mass is 388 g/mol. The Balaban J connectivity index is 1.69. The number of aryl methyl sites for hydroxylation is 1. The van der Waals surface area contributed by atoms with Crippen molar-refractivity contribution in [2.45, 2.75) is 38.2 Å². The van der Waals surface area contributed by atoms with E-state index in [0.717, 1.165) is 35.0 Å². The number of fused-ring (bicyclic) bond motifs is 1. The molecule has 0 radical (unpaired) electrons. The zero-order valence-electron chi connectivity index (χ0n) is 13.8. The summed E-state index contributed by atoms with van der Waals surface area (Å²) in [6.07, 6.45) is 3.65. The van der Waals surface area contributed by atoms with Crippen LogP contribution in [-0.4, -0.2) is 13.1 Å². The second-order valence-corrected chi connectivity index (χ2v) is 7.06. The van der Waals surface area contributed by atoms with E-state index >= 15 is 0 Å². The first-order valence-corrected chi connectivity index (χ1v) is 9.02. The van der Waals surface area contributed by atoms with Crippen molar-refractivity contribution in [1.82, 2.24) is 0 Å². The van der Waals surface area contributed by atoms with Gasteiger partial charge in [0.15, 0.2) is 0 Å². The molecule has 0 saturated carbocycles. The van der Waals surface area contributed by atoms with Gasteiger partial charge in [-0.05, 0) is 66.1 Å². The van der Waals surface area contributed by atoms with E-state index in [0.29, 0.717) is 13.0 Å². The summed E-state index contributed by atoms with van der Waals surface area (Å²) in [6, 6.07) is 14.4. The lowest BCUT2D eigenvalue weighted by molar-refractivity contribution is -0.141. The molecule has 24 heavy (non-hydrogen) atoms. The number of halogens is 1. The summed E-state index contributed by atoms with van der Waals surface area (Å²) < 4.78 is 11.8. The minimum absolute atomic E-state index is 0.136.